The summed E-state index contributed by atoms with van der Waals surface area (Å²) >= 11 is 0. The highest BCUT2D eigenvalue weighted by molar-refractivity contribution is 7.89. The molecule has 4 aromatic rings. The van der Waals surface area contributed by atoms with Crippen LogP contribution >= 0.6 is 0 Å². The number of hydrogen-bond donors (Lipinski definition) is 0. The number of aromatic nitrogens is 2. The molecule has 2 aromatic carbocycles. The van der Waals surface area contributed by atoms with Gasteiger partial charge in [0.15, 0.2) is 0 Å². The normalized spacial score (nSPS) is 14.8. The zero-order valence-corrected chi connectivity index (χ0v) is 21.0. The number of benzene rings is 2. The Balaban J connectivity index is 1.44. The van der Waals surface area contributed by atoms with E-state index in [1.807, 2.05) is 30.5 Å². The number of sulfonamides is 1. The highest BCUT2D eigenvalue weighted by Crippen LogP contribution is 2.28. The van der Waals surface area contributed by atoms with Crippen molar-refractivity contribution >= 4 is 10.0 Å². The van der Waals surface area contributed by atoms with E-state index < -0.39 is 10.0 Å². The smallest absolute Gasteiger partial charge is 0.258 e. The average molecular weight is 511 g/mol. The molecule has 0 N–H and O–H groups in total. The van der Waals surface area contributed by atoms with Gasteiger partial charge in [-0.1, -0.05) is 42.5 Å². The number of hydrogen-bond acceptors (Lipinski definition) is 5. The molecule has 2 aromatic heterocycles. The van der Waals surface area contributed by atoms with E-state index in [0.717, 1.165) is 11.3 Å². The largest absolute Gasteiger partial charge is 0.314 e. The Labute approximate surface area is 216 Å². The Morgan fingerprint density at radius 2 is 1.62 bits per heavy atom. The van der Waals surface area contributed by atoms with Crippen LogP contribution in [0.1, 0.15) is 18.4 Å². The number of nitriles is 1. The summed E-state index contributed by atoms with van der Waals surface area (Å²) in [5.74, 6) is 0.137. The SMILES string of the molecule is N#Cc1ccccc1-c1cc(-c2ccccn2)cn(CC2CCN(S(=O)(=O)c3ccccc3)CC2)c1=O. The molecule has 0 spiro atoms. The lowest BCUT2D eigenvalue weighted by molar-refractivity contribution is 0.251. The fourth-order valence-electron chi connectivity index (χ4n) is 4.81. The fraction of sp³-hybridized carbons (Fsp3) is 0.207. The van der Waals surface area contributed by atoms with Gasteiger partial charge in [-0.3, -0.25) is 9.78 Å². The summed E-state index contributed by atoms with van der Waals surface area (Å²) in [7, 11) is -3.53. The van der Waals surface area contributed by atoms with Gasteiger partial charge in [0.1, 0.15) is 0 Å². The summed E-state index contributed by atoms with van der Waals surface area (Å²) in [6.45, 7) is 1.27. The minimum absolute atomic E-state index is 0.137. The minimum atomic E-state index is -3.53. The number of pyridine rings is 2. The molecule has 1 fully saturated rings. The van der Waals surface area contributed by atoms with Gasteiger partial charge < -0.3 is 4.57 Å². The predicted molar refractivity (Wildman–Crippen MR) is 142 cm³/mol. The fourth-order valence-corrected chi connectivity index (χ4v) is 6.30. The standard InChI is InChI=1S/C29H26N4O3S/c30-19-23-8-4-5-11-26(23)27-18-24(28-12-6-7-15-31-28)21-32(29(27)34)20-22-13-16-33(17-14-22)37(35,36)25-9-2-1-3-10-25/h1-12,15,18,21-22H,13-14,16-17,20H2. The zero-order valence-electron chi connectivity index (χ0n) is 20.2. The highest BCUT2D eigenvalue weighted by atomic mass is 32.2. The molecule has 5 rings (SSSR count). The molecule has 1 aliphatic rings. The van der Waals surface area contributed by atoms with Crippen molar-refractivity contribution in [3.8, 4) is 28.5 Å². The first-order valence-electron chi connectivity index (χ1n) is 12.2. The quantitative estimate of drug-likeness (QED) is 0.379. The summed E-state index contributed by atoms with van der Waals surface area (Å²) in [5.41, 5.74) is 2.81. The Hall–Kier alpha value is -4.06. The number of rotatable bonds is 6. The van der Waals surface area contributed by atoms with Crippen LogP contribution in [0, 0.1) is 17.2 Å². The van der Waals surface area contributed by atoms with Crippen molar-refractivity contribution in [3.63, 3.8) is 0 Å². The lowest BCUT2D eigenvalue weighted by atomic mass is 9.96. The number of nitrogens with zero attached hydrogens (tertiary/aromatic N) is 4. The second-order valence-corrected chi connectivity index (χ2v) is 11.1. The highest BCUT2D eigenvalue weighted by Gasteiger charge is 2.29. The van der Waals surface area contributed by atoms with Crippen molar-refractivity contribution in [1.29, 1.82) is 5.26 Å². The van der Waals surface area contributed by atoms with Crippen LogP contribution in [-0.2, 0) is 16.6 Å². The summed E-state index contributed by atoms with van der Waals surface area (Å²) < 4.78 is 29.2. The maximum atomic E-state index is 13.6. The van der Waals surface area contributed by atoms with E-state index in [-0.39, 0.29) is 11.5 Å². The maximum Gasteiger partial charge on any atom is 0.258 e. The van der Waals surface area contributed by atoms with Crippen LogP contribution in [0.5, 0.6) is 0 Å². The molecule has 0 unspecified atom stereocenters. The molecule has 0 amide bonds. The zero-order chi connectivity index (χ0) is 25.8. The lowest BCUT2D eigenvalue weighted by Crippen LogP contribution is -2.40. The second-order valence-electron chi connectivity index (χ2n) is 9.13. The van der Waals surface area contributed by atoms with Gasteiger partial charge in [-0.15, -0.1) is 0 Å². The van der Waals surface area contributed by atoms with E-state index in [9.17, 15) is 18.5 Å². The Morgan fingerprint density at radius 1 is 0.919 bits per heavy atom. The van der Waals surface area contributed by atoms with Crippen LogP contribution in [-0.4, -0.2) is 35.4 Å². The Kier molecular flexibility index (Phi) is 6.99. The molecule has 3 heterocycles. The molecule has 0 atom stereocenters. The first-order valence-corrected chi connectivity index (χ1v) is 13.6. The molecule has 7 nitrogen and oxygen atoms in total. The van der Waals surface area contributed by atoms with E-state index in [2.05, 4.69) is 11.1 Å². The molecule has 186 valence electrons. The van der Waals surface area contributed by atoms with Crippen molar-refractivity contribution in [2.45, 2.75) is 24.3 Å². The van der Waals surface area contributed by atoms with Crippen LogP contribution in [0.4, 0.5) is 0 Å². The predicted octanol–water partition coefficient (Wildman–Crippen LogP) is 4.55. The van der Waals surface area contributed by atoms with Crippen molar-refractivity contribution in [1.82, 2.24) is 13.9 Å². The molecule has 0 aliphatic carbocycles. The second kappa shape index (κ2) is 10.5. The van der Waals surface area contributed by atoms with E-state index in [4.69, 9.17) is 0 Å². The van der Waals surface area contributed by atoms with Crippen LogP contribution in [0.15, 0.2) is 101 Å². The summed E-state index contributed by atoms with van der Waals surface area (Å²) in [6.07, 6.45) is 4.82. The van der Waals surface area contributed by atoms with Crippen LogP contribution in [0.3, 0.4) is 0 Å². The lowest BCUT2D eigenvalue weighted by Gasteiger charge is -2.31. The van der Waals surface area contributed by atoms with Gasteiger partial charge in [-0.05, 0) is 55.2 Å². The summed E-state index contributed by atoms with van der Waals surface area (Å²) in [4.78, 5) is 18.4. The first kappa shape index (κ1) is 24.6. The molecule has 8 heteroatoms. The van der Waals surface area contributed by atoms with Crippen LogP contribution in [0.25, 0.3) is 22.4 Å². The van der Waals surface area contributed by atoms with Crippen molar-refractivity contribution < 1.29 is 8.42 Å². The van der Waals surface area contributed by atoms with Gasteiger partial charge in [0.05, 0.1) is 22.2 Å². The van der Waals surface area contributed by atoms with E-state index >= 15 is 0 Å². The van der Waals surface area contributed by atoms with Gasteiger partial charge in [-0.2, -0.15) is 9.57 Å². The summed E-state index contributed by atoms with van der Waals surface area (Å²) in [6, 6.07) is 25.2. The van der Waals surface area contributed by atoms with Crippen molar-refractivity contribution in [2.75, 3.05) is 13.1 Å². The van der Waals surface area contributed by atoms with Gasteiger partial charge in [0.25, 0.3) is 5.56 Å². The minimum Gasteiger partial charge on any atom is -0.314 e. The van der Waals surface area contributed by atoms with Crippen molar-refractivity contribution in [3.05, 3.63) is 107 Å². The van der Waals surface area contributed by atoms with Crippen molar-refractivity contribution in [2.24, 2.45) is 5.92 Å². The first-order chi connectivity index (χ1) is 18.0. The molecule has 1 aliphatic heterocycles. The topological polar surface area (TPSA) is 96.1 Å². The van der Waals surface area contributed by atoms with Gasteiger partial charge >= 0.3 is 0 Å². The molecule has 1 saturated heterocycles. The van der Waals surface area contributed by atoms with Gasteiger partial charge in [0.2, 0.25) is 10.0 Å². The molecule has 0 bridgehead atoms. The third kappa shape index (κ3) is 5.10. The molecular weight excluding hydrogens is 484 g/mol. The average Bonchev–Trinajstić information content (AvgIpc) is 2.95. The maximum absolute atomic E-state index is 13.6. The number of piperidine rings is 1. The molecule has 37 heavy (non-hydrogen) atoms. The third-order valence-electron chi connectivity index (χ3n) is 6.79. The molecular formula is C29H26N4O3S. The molecule has 0 saturated carbocycles. The Morgan fingerprint density at radius 3 is 2.32 bits per heavy atom. The van der Waals surface area contributed by atoms with E-state index in [0.29, 0.717) is 54.1 Å². The van der Waals surface area contributed by atoms with E-state index in [1.54, 1.807) is 65.4 Å². The third-order valence-corrected chi connectivity index (χ3v) is 8.71. The van der Waals surface area contributed by atoms with E-state index in [1.165, 1.54) is 4.31 Å². The summed E-state index contributed by atoms with van der Waals surface area (Å²) in [5, 5.41) is 9.64. The van der Waals surface area contributed by atoms with Crippen LogP contribution < -0.4 is 5.56 Å². The van der Waals surface area contributed by atoms with Gasteiger partial charge in [0, 0.05) is 48.7 Å². The van der Waals surface area contributed by atoms with Gasteiger partial charge in [-0.25, -0.2) is 8.42 Å². The van der Waals surface area contributed by atoms with Crippen LogP contribution in [0.2, 0.25) is 0 Å². The molecule has 0 radical (unpaired) electrons. The Bertz CT molecular complexity index is 1600. The monoisotopic (exact) mass is 510 g/mol.